The van der Waals surface area contributed by atoms with E-state index in [1.807, 2.05) is 32.9 Å². The maximum atomic E-state index is 11.9. The fourth-order valence-electron chi connectivity index (χ4n) is 2.08. The molecule has 1 fully saturated rings. The van der Waals surface area contributed by atoms with Crippen molar-refractivity contribution in [2.45, 2.75) is 64.8 Å². The van der Waals surface area contributed by atoms with Crippen LogP contribution in [0.2, 0.25) is 0 Å². The molecule has 0 aromatic heterocycles. The Bertz CT molecular complexity index is 488. The molecule has 0 amide bonds. The van der Waals surface area contributed by atoms with Crippen LogP contribution in [0.25, 0.3) is 0 Å². The van der Waals surface area contributed by atoms with Crippen molar-refractivity contribution in [2.75, 3.05) is 0 Å². The summed E-state index contributed by atoms with van der Waals surface area (Å²) in [7, 11) is 0. The van der Waals surface area contributed by atoms with E-state index in [0.29, 0.717) is 0 Å². The van der Waals surface area contributed by atoms with E-state index in [2.05, 4.69) is 32.9 Å². The highest BCUT2D eigenvalue weighted by Crippen LogP contribution is 2.40. The minimum absolute atomic E-state index is 0.132. The normalized spacial score (nSPS) is 22.5. The molecular weight excluding hydrogens is 252 g/mol. The van der Waals surface area contributed by atoms with Gasteiger partial charge in [0.15, 0.2) is 6.10 Å². The first kappa shape index (κ1) is 15.0. The lowest BCUT2D eigenvalue weighted by atomic mass is 9.86. The number of epoxide rings is 1. The molecule has 1 aliphatic rings. The Kier molecular flexibility index (Phi) is 3.67. The Morgan fingerprint density at radius 3 is 2.05 bits per heavy atom. The van der Waals surface area contributed by atoms with Crippen LogP contribution in [-0.4, -0.2) is 17.7 Å². The molecule has 0 saturated carbocycles. The van der Waals surface area contributed by atoms with Crippen LogP contribution >= 0.6 is 0 Å². The second kappa shape index (κ2) is 4.88. The van der Waals surface area contributed by atoms with Crippen LogP contribution in [0.5, 0.6) is 0 Å². The molecule has 1 aliphatic heterocycles. The summed E-state index contributed by atoms with van der Waals surface area (Å²) in [6.07, 6.45) is -0.603. The van der Waals surface area contributed by atoms with E-state index in [-0.39, 0.29) is 17.5 Å². The first-order valence-electron chi connectivity index (χ1n) is 7.07. The van der Waals surface area contributed by atoms with Gasteiger partial charge in [0.25, 0.3) is 0 Å². The van der Waals surface area contributed by atoms with Crippen molar-refractivity contribution < 1.29 is 14.3 Å². The zero-order chi connectivity index (χ0) is 15.1. The summed E-state index contributed by atoms with van der Waals surface area (Å²) in [5.41, 5.74) is 1.97. The van der Waals surface area contributed by atoms with Crippen LogP contribution in [-0.2, 0) is 19.7 Å². The topological polar surface area (TPSA) is 38.8 Å². The van der Waals surface area contributed by atoms with Crippen LogP contribution in [0.15, 0.2) is 24.3 Å². The first-order chi connectivity index (χ1) is 9.08. The third-order valence-electron chi connectivity index (χ3n) is 3.24. The van der Waals surface area contributed by atoms with E-state index in [1.54, 1.807) is 0 Å². The van der Waals surface area contributed by atoms with E-state index < -0.39 is 11.7 Å². The number of benzene rings is 1. The zero-order valence-electron chi connectivity index (χ0n) is 13.2. The number of hydrogen-bond acceptors (Lipinski definition) is 3. The van der Waals surface area contributed by atoms with Crippen LogP contribution in [0.3, 0.4) is 0 Å². The summed E-state index contributed by atoms with van der Waals surface area (Å²) in [6.45, 7) is 12.1. The quantitative estimate of drug-likeness (QED) is 0.609. The summed E-state index contributed by atoms with van der Waals surface area (Å²) < 4.78 is 10.8. The van der Waals surface area contributed by atoms with E-state index in [1.165, 1.54) is 5.56 Å². The van der Waals surface area contributed by atoms with Crippen molar-refractivity contribution in [3.63, 3.8) is 0 Å². The molecule has 3 heteroatoms. The number of esters is 1. The van der Waals surface area contributed by atoms with Crippen molar-refractivity contribution in [3.8, 4) is 0 Å². The SMILES string of the molecule is CC(C)(C)OC(=O)[C@H]1O[C@H]1c1ccc(C(C)(C)C)cc1. The summed E-state index contributed by atoms with van der Waals surface area (Å²) in [4.78, 5) is 11.9. The molecule has 0 bridgehead atoms. The van der Waals surface area contributed by atoms with Gasteiger partial charge in [0.05, 0.1) is 0 Å². The second-order valence-corrected chi connectivity index (χ2v) is 7.38. The monoisotopic (exact) mass is 276 g/mol. The Morgan fingerprint density at radius 2 is 1.60 bits per heavy atom. The third-order valence-corrected chi connectivity index (χ3v) is 3.24. The van der Waals surface area contributed by atoms with Crippen molar-refractivity contribution in [1.82, 2.24) is 0 Å². The van der Waals surface area contributed by atoms with Gasteiger partial charge in [0, 0.05) is 0 Å². The third kappa shape index (κ3) is 3.60. The van der Waals surface area contributed by atoms with Crippen molar-refractivity contribution in [1.29, 1.82) is 0 Å². The van der Waals surface area contributed by atoms with Crippen molar-refractivity contribution in [2.24, 2.45) is 0 Å². The van der Waals surface area contributed by atoms with Crippen LogP contribution in [0.1, 0.15) is 58.8 Å². The largest absolute Gasteiger partial charge is 0.458 e. The summed E-state index contributed by atoms with van der Waals surface area (Å²) in [6, 6.07) is 8.28. The first-order valence-corrected chi connectivity index (χ1v) is 7.07. The number of carbonyl (C=O) groups is 1. The molecule has 0 radical (unpaired) electrons. The minimum Gasteiger partial charge on any atom is -0.458 e. The van der Waals surface area contributed by atoms with Gasteiger partial charge < -0.3 is 9.47 Å². The average Bonchev–Trinajstić information content (AvgIpc) is 3.05. The van der Waals surface area contributed by atoms with Gasteiger partial charge in [-0.05, 0) is 37.3 Å². The fourth-order valence-corrected chi connectivity index (χ4v) is 2.08. The molecular formula is C17H24O3. The highest BCUT2D eigenvalue weighted by atomic mass is 16.6. The Balaban J connectivity index is 2.00. The summed E-state index contributed by atoms with van der Waals surface area (Å²) >= 11 is 0. The predicted molar refractivity (Wildman–Crippen MR) is 78.6 cm³/mol. The lowest BCUT2D eigenvalue weighted by Gasteiger charge is -2.19. The molecule has 1 saturated heterocycles. The number of ether oxygens (including phenoxy) is 2. The van der Waals surface area contributed by atoms with Gasteiger partial charge in [-0.25, -0.2) is 4.79 Å². The standard InChI is InChI=1S/C17H24O3/c1-16(2,3)12-9-7-11(8-10-12)13-14(19-13)15(18)20-17(4,5)6/h7-10,13-14H,1-6H3/t13-,14-/m0/s1. The Morgan fingerprint density at radius 1 is 1.05 bits per heavy atom. The van der Waals surface area contributed by atoms with Crippen molar-refractivity contribution >= 4 is 5.97 Å². The molecule has 0 spiro atoms. The Labute approximate surface area is 121 Å². The second-order valence-electron chi connectivity index (χ2n) is 7.38. The molecule has 2 atom stereocenters. The van der Waals surface area contributed by atoms with Crippen LogP contribution in [0.4, 0.5) is 0 Å². The fraction of sp³-hybridized carbons (Fsp3) is 0.588. The maximum absolute atomic E-state index is 11.9. The molecule has 1 heterocycles. The molecule has 0 aliphatic carbocycles. The van der Waals surface area contributed by atoms with Crippen molar-refractivity contribution in [3.05, 3.63) is 35.4 Å². The van der Waals surface area contributed by atoms with Crippen LogP contribution < -0.4 is 0 Å². The van der Waals surface area contributed by atoms with E-state index in [0.717, 1.165) is 5.56 Å². The molecule has 1 aromatic rings. The van der Waals surface area contributed by atoms with Gasteiger partial charge in [-0.15, -0.1) is 0 Å². The van der Waals surface area contributed by atoms with Gasteiger partial charge >= 0.3 is 5.97 Å². The molecule has 3 nitrogen and oxygen atoms in total. The lowest BCUT2D eigenvalue weighted by Crippen LogP contribution is -2.26. The van der Waals surface area contributed by atoms with E-state index >= 15 is 0 Å². The molecule has 2 rings (SSSR count). The van der Waals surface area contributed by atoms with Gasteiger partial charge in [-0.2, -0.15) is 0 Å². The highest BCUT2D eigenvalue weighted by molar-refractivity contribution is 5.78. The Hall–Kier alpha value is -1.35. The number of carbonyl (C=O) groups excluding carboxylic acids is 1. The maximum Gasteiger partial charge on any atom is 0.338 e. The van der Waals surface area contributed by atoms with E-state index in [9.17, 15) is 4.79 Å². The van der Waals surface area contributed by atoms with Gasteiger partial charge in [-0.1, -0.05) is 45.0 Å². The smallest absolute Gasteiger partial charge is 0.338 e. The zero-order valence-corrected chi connectivity index (χ0v) is 13.2. The van der Waals surface area contributed by atoms with Gasteiger partial charge in [0.2, 0.25) is 0 Å². The molecule has 0 N–H and O–H groups in total. The lowest BCUT2D eigenvalue weighted by molar-refractivity contribution is -0.156. The van der Waals surface area contributed by atoms with Gasteiger partial charge in [0.1, 0.15) is 11.7 Å². The highest BCUT2D eigenvalue weighted by Gasteiger charge is 2.48. The van der Waals surface area contributed by atoms with E-state index in [4.69, 9.17) is 9.47 Å². The summed E-state index contributed by atoms with van der Waals surface area (Å²) in [5.74, 6) is -0.276. The minimum atomic E-state index is -0.469. The predicted octanol–water partition coefficient (Wildman–Crippen LogP) is 3.77. The van der Waals surface area contributed by atoms with Gasteiger partial charge in [-0.3, -0.25) is 0 Å². The molecule has 0 unspecified atom stereocenters. The number of rotatable bonds is 2. The summed E-state index contributed by atoms with van der Waals surface area (Å²) in [5, 5.41) is 0. The molecule has 1 aromatic carbocycles. The van der Waals surface area contributed by atoms with Crippen LogP contribution in [0, 0.1) is 0 Å². The average molecular weight is 276 g/mol. The molecule has 20 heavy (non-hydrogen) atoms. The molecule has 110 valence electrons. The number of hydrogen-bond donors (Lipinski definition) is 0.